The highest BCUT2D eigenvalue weighted by atomic mass is 32.1. The largest absolute Gasteiger partial charge is 0.366 e. The summed E-state index contributed by atoms with van der Waals surface area (Å²) in [5, 5.41) is 6.28. The molecule has 0 heterocycles. The number of carbonyl (C=O) groups is 1. The summed E-state index contributed by atoms with van der Waals surface area (Å²) in [6.45, 7) is 0.0295. The van der Waals surface area contributed by atoms with Crippen LogP contribution in [0, 0.1) is 0 Å². The Labute approximate surface area is 93.9 Å². The van der Waals surface area contributed by atoms with Crippen molar-refractivity contribution in [3.63, 3.8) is 0 Å². The van der Waals surface area contributed by atoms with Crippen LogP contribution in [0.2, 0.25) is 0 Å². The lowest BCUT2D eigenvalue weighted by atomic mass is 10.1. The SMILES string of the molecule is CNC(=S)Nc1ccc(C(=O)CN)cc1. The van der Waals surface area contributed by atoms with Gasteiger partial charge in [0.05, 0.1) is 6.54 Å². The fourth-order valence-corrected chi connectivity index (χ4v) is 1.17. The number of thiocarbonyl (C=S) groups is 1. The first-order valence-corrected chi connectivity index (χ1v) is 4.90. The Morgan fingerprint density at radius 2 is 2.00 bits per heavy atom. The van der Waals surface area contributed by atoms with Gasteiger partial charge >= 0.3 is 0 Å². The third-order valence-electron chi connectivity index (χ3n) is 1.88. The predicted octanol–water partition coefficient (Wildman–Crippen LogP) is 0.744. The second kappa shape index (κ2) is 5.43. The second-order valence-electron chi connectivity index (χ2n) is 2.91. The van der Waals surface area contributed by atoms with E-state index in [0.717, 1.165) is 5.69 Å². The van der Waals surface area contributed by atoms with Gasteiger partial charge in [0.25, 0.3) is 0 Å². The Morgan fingerprint density at radius 3 is 2.47 bits per heavy atom. The smallest absolute Gasteiger partial charge is 0.176 e. The van der Waals surface area contributed by atoms with Gasteiger partial charge in [0, 0.05) is 18.3 Å². The van der Waals surface area contributed by atoms with Crippen molar-refractivity contribution in [2.75, 3.05) is 18.9 Å². The van der Waals surface area contributed by atoms with Gasteiger partial charge in [0.15, 0.2) is 10.9 Å². The molecule has 1 rings (SSSR count). The molecule has 4 N–H and O–H groups in total. The van der Waals surface area contributed by atoms with Crippen molar-refractivity contribution in [3.05, 3.63) is 29.8 Å². The molecule has 1 aromatic rings. The van der Waals surface area contributed by atoms with E-state index < -0.39 is 0 Å². The van der Waals surface area contributed by atoms with Crippen LogP contribution < -0.4 is 16.4 Å². The molecule has 0 aliphatic carbocycles. The lowest BCUT2D eigenvalue weighted by Crippen LogP contribution is -2.24. The van der Waals surface area contributed by atoms with E-state index in [0.29, 0.717) is 10.7 Å². The summed E-state index contributed by atoms with van der Waals surface area (Å²) in [4.78, 5) is 11.2. The van der Waals surface area contributed by atoms with Gasteiger partial charge in [-0.3, -0.25) is 4.79 Å². The number of benzene rings is 1. The van der Waals surface area contributed by atoms with E-state index in [4.69, 9.17) is 18.0 Å². The van der Waals surface area contributed by atoms with Gasteiger partial charge in [-0.2, -0.15) is 0 Å². The van der Waals surface area contributed by atoms with Crippen molar-refractivity contribution in [2.24, 2.45) is 5.73 Å². The summed E-state index contributed by atoms with van der Waals surface area (Å²) in [6, 6.07) is 7.00. The van der Waals surface area contributed by atoms with Gasteiger partial charge in [-0.05, 0) is 36.5 Å². The molecular formula is C10H13N3OS. The number of hydrogen-bond donors (Lipinski definition) is 3. The molecule has 80 valence electrons. The Hall–Kier alpha value is -1.46. The average molecular weight is 223 g/mol. The third kappa shape index (κ3) is 3.30. The topological polar surface area (TPSA) is 67.1 Å². The summed E-state index contributed by atoms with van der Waals surface area (Å²) >= 11 is 4.94. The zero-order valence-electron chi connectivity index (χ0n) is 8.41. The number of nitrogens with two attached hydrogens (primary N) is 1. The molecule has 15 heavy (non-hydrogen) atoms. The van der Waals surface area contributed by atoms with Crippen LogP contribution in [0.4, 0.5) is 5.69 Å². The van der Waals surface area contributed by atoms with E-state index in [2.05, 4.69) is 10.6 Å². The molecule has 0 atom stereocenters. The normalized spacial score (nSPS) is 9.47. The minimum atomic E-state index is -0.0715. The summed E-state index contributed by atoms with van der Waals surface area (Å²) in [7, 11) is 1.74. The van der Waals surface area contributed by atoms with Crippen LogP contribution >= 0.6 is 12.2 Å². The fraction of sp³-hybridized carbons (Fsp3) is 0.200. The van der Waals surface area contributed by atoms with E-state index >= 15 is 0 Å². The van der Waals surface area contributed by atoms with Crippen LogP contribution in [0.5, 0.6) is 0 Å². The number of hydrogen-bond acceptors (Lipinski definition) is 3. The summed E-state index contributed by atoms with van der Waals surface area (Å²) in [5.41, 5.74) is 6.69. The molecular weight excluding hydrogens is 210 g/mol. The Kier molecular flexibility index (Phi) is 4.20. The van der Waals surface area contributed by atoms with Crippen LogP contribution in [0.1, 0.15) is 10.4 Å². The van der Waals surface area contributed by atoms with Crippen LogP contribution in [0.3, 0.4) is 0 Å². The first-order valence-electron chi connectivity index (χ1n) is 4.49. The molecule has 0 aliphatic heterocycles. The van der Waals surface area contributed by atoms with Crippen molar-refractivity contribution in [1.82, 2.24) is 5.32 Å². The number of nitrogens with one attached hydrogen (secondary N) is 2. The first-order chi connectivity index (χ1) is 7.17. The van der Waals surface area contributed by atoms with Crippen molar-refractivity contribution < 1.29 is 4.79 Å². The highest BCUT2D eigenvalue weighted by molar-refractivity contribution is 7.80. The molecule has 0 unspecified atom stereocenters. The molecule has 0 aromatic heterocycles. The summed E-state index contributed by atoms with van der Waals surface area (Å²) in [6.07, 6.45) is 0. The molecule has 1 aromatic carbocycles. The minimum Gasteiger partial charge on any atom is -0.366 e. The van der Waals surface area contributed by atoms with Gasteiger partial charge in [-0.1, -0.05) is 0 Å². The lowest BCUT2D eigenvalue weighted by molar-refractivity contribution is 0.100. The molecule has 4 nitrogen and oxygen atoms in total. The number of anilines is 1. The van der Waals surface area contributed by atoms with E-state index in [1.165, 1.54) is 0 Å². The van der Waals surface area contributed by atoms with E-state index in [9.17, 15) is 4.79 Å². The van der Waals surface area contributed by atoms with Gasteiger partial charge in [0.2, 0.25) is 0 Å². The summed E-state index contributed by atoms with van der Waals surface area (Å²) in [5.74, 6) is -0.0715. The molecule has 0 bridgehead atoms. The number of ketones is 1. The van der Waals surface area contributed by atoms with Crippen molar-refractivity contribution >= 4 is 28.8 Å². The molecule has 0 saturated carbocycles. The molecule has 0 aliphatic rings. The quantitative estimate of drug-likeness (QED) is 0.521. The molecule has 0 fully saturated rings. The van der Waals surface area contributed by atoms with Gasteiger partial charge < -0.3 is 16.4 Å². The Morgan fingerprint density at radius 1 is 1.40 bits per heavy atom. The monoisotopic (exact) mass is 223 g/mol. The van der Waals surface area contributed by atoms with Crippen LogP contribution in [-0.2, 0) is 0 Å². The van der Waals surface area contributed by atoms with Gasteiger partial charge in [0.1, 0.15) is 0 Å². The lowest BCUT2D eigenvalue weighted by Gasteiger charge is -2.07. The highest BCUT2D eigenvalue weighted by Gasteiger charge is 2.02. The van der Waals surface area contributed by atoms with Gasteiger partial charge in [-0.25, -0.2) is 0 Å². The molecule has 0 spiro atoms. The summed E-state index contributed by atoms with van der Waals surface area (Å²) < 4.78 is 0. The number of Topliss-reactive ketones (excluding diaryl/α,β-unsaturated/α-hetero) is 1. The second-order valence-corrected chi connectivity index (χ2v) is 3.32. The van der Waals surface area contributed by atoms with Crippen LogP contribution in [0.15, 0.2) is 24.3 Å². The maximum atomic E-state index is 11.2. The molecule has 5 heteroatoms. The third-order valence-corrected chi connectivity index (χ3v) is 2.18. The van der Waals surface area contributed by atoms with E-state index in [1.807, 2.05) is 0 Å². The number of carbonyl (C=O) groups excluding carboxylic acids is 1. The average Bonchev–Trinajstić information content (AvgIpc) is 2.29. The molecule has 0 saturated heterocycles. The standard InChI is InChI=1S/C10H13N3OS/c1-12-10(15)13-8-4-2-7(3-5-8)9(14)6-11/h2-5H,6,11H2,1H3,(H2,12,13,15). The van der Waals surface area contributed by atoms with Crippen LogP contribution in [-0.4, -0.2) is 24.5 Å². The van der Waals surface area contributed by atoms with Crippen LogP contribution in [0.25, 0.3) is 0 Å². The maximum Gasteiger partial charge on any atom is 0.176 e. The van der Waals surface area contributed by atoms with Gasteiger partial charge in [-0.15, -0.1) is 0 Å². The minimum absolute atomic E-state index is 0.0295. The fourth-order valence-electron chi connectivity index (χ4n) is 1.05. The zero-order valence-corrected chi connectivity index (χ0v) is 9.23. The molecule has 0 radical (unpaired) electrons. The van der Waals surface area contributed by atoms with Crippen molar-refractivity contribution in [2.45, 2.75) is 0 Å². The van der Waals surface area contributed by atoms with Crippen molar-refractivity contribution in [3.8, 4) is 0 Å². The van der Waals surface area contributed by atoms with E-state index in [1.54, 1.807) is 31.3 Å². The Bertz CT molecular complexity index is 361. The number of rotatable bonds is 3. The maximum absolute atomic E-state index is 11.2. The first kappa shape index (κ1) is 11.6. The zero-order chi connectivity index (χ0) is 11.3. The Balaban J connectivity index is 2.72. The highest BCUT2D eigenvalue weighted by Crippen LogP contribution is 2.09. The molecule has 0 amide bonds. The van der Waals surface area contributed by atoms with E-state index in [-0.39, 0.29) is 12.3 Å². The van der Waals surface area contributed by atoms with Crippen molar-refractivity contribution in [1.29, 1.82) is 0 Å². The predicted molar refractivity (Wildman–Crippen MR) is 65.1 cm³/mol.